The molecular weight excluding hydrogens is 408 g/mol. The number of hydrogen-bond acceptors (Lipinski definition) is 5. The smallest absolute Gasteiger partial charge is 0.335 e. The standard InChI is InChI=1S/C26H20O6/c1-30-23-15-24(31-2)20(25-14-18-5-3-4-6-22(18)32-25)13-19(23)11-12-21(27)16-7-9-17(10-8-16)26(28)29/h3-15H,1-2H3,(H,28,29)/b12-11+. The first kappa shape index (κ1) is 20.9. The number of ketones is 1. The number of carbonyl (C=O) groups excluding carboxylic acids is 1. The molecule has 0 unspecified atom stereocenters. The number of methoxy groups -OCH3 is 2. The van der Waals surface area contributed by atoms with Crippen LogP contribution in [0.1, 0.15) is 26.3 Å². The lowest BCUT2D eigenvalue weighted by atomic mass is 10.0. The third kappa shape index (κ3) is 4.11. The summed E-state index contributed by atoms with van der Waals surface area (Å²) in [4.78, 5) is 23.6. The lowest BCUT2D eigenvalue weighted by Crippen LogP contribution is -1.99. The van der Waals surface area contributed by atoms with Gasteiger partial charge in [0.1, 0.15) is 22.8 Å². The number of ether oxygens (including phenoxy) is 2. The van der Waals surface area contributed by atoms with E-state index in [0.717, 1.165) is 16.5 Å². The summed E-state index contributed by atoms with van der Waals surface area (Å²) < 4.78 is 17.0. The number of para-hydroxylation sites is 1. The van der Waals surface area contributed by atoms with E-state index in [-0.39, 0.29) is 11.3 Å². The summed E-state index contributed by atoms with van der Waals surface area (Å²) in [6.07, 6.45) is 3.07. The van der Waals surface area contributed by atoms with E-state index >= 15 is 0 Å². The van der Waals surface area contributed by atoms with E-state index in [1.807, 2.05) is 36.4 Å². The van der Waals surface area contributed by atoms with E-state index < -0.39 is 5.97 Å². The van der Waals surface area contributed by atoms with E-state index in [1.165, 1.54) is 30.3 Å². The van der Waals surface area contributed by atoms with E-state index in [4.69, 9.17) is 19.0 Å². The first-order chi connectivity index (χ1) is 15.5. The third-order valence-corrected chi connectivity index (χ3v) is 5.07. The number of furan rings is 1. The van der Waals surface area contributed by atoms with E-state index in [0.29, 0.717) is 28.4 Å². The summed E-state index contributed by atoms with van der Waals surface area (Å²) in [5, 5.41) is 9.97. The number of fused-ring (bicyclic) bond motifs is 1. The molecule has 160 valence electrons. The molecule has 6 heteroatoms. The Hall–Kier alpha value is -4.32. The maximum Gasteiger partial charge on any atom is 0.335 e. The second-order valence-corrected chi connectivity index (χ2v) is 7.02. The maximum atomic E-state index is 12.6. The molecule has 4 aromatic rings. The summed E-state index contributed by atoms with van der Waals surface area (Å²) in [5.41, 5.74) is 2.66. The van der Waals surface area contributed by atoms with Gasteiger partial charge in [0.2, 0.25) is 0 Å². The van der Waals surface area contributed by atoms with Crippen LogP contribution >= 0.6 is 0 Å². The number of benzene rings is 3. The zero-order valence-corrected chi connectivity index (χ0v) is 17.5. The zero-order chi connectivity index (χ0) is 22.7. The van der Waals surface area contributed by atoms with Gasteiger partial charge in [0.15, 0.2) is 5.78 Å². The molecule has 3 aromatic carbocycles. The number of carboxylic acids is 1. The first-order valence-electron chi connectivity index (χ1n) is 9.81. The molecule has 1 heterocycles. The molecule has 0 aliphatic carbocycles. The number of aromatic carboxylic acids is 1. The van der Waals surface area contributed by atoms with Gasteiger partial charge < -0.3 is 19.0 Å². The molecule has 4 rings (SSSR count). The topological polar surface area (TPSA) is 86.0 Å². The van der Waals surface area contributed by atoms with Crippen molar-refractivity contribution in [2.75, 3.05) is 14.2 Å². The van der Waals surface area contributed by atoms with Crippen LogP contribution in [-0.2, 0) is 0 Å². The number of carboxylic acid groups (broad SMARTS) is 1. The van der Waals surface area contributed by atoms with Crippen molar-refractivity contribution in [1.82, 2.24) is 0 Å². The van der Waals surface area contributed by atoms with Crippen molar-refractivity contribution < 1.29 is 28.6 Å². The van der Waals surface area contributed by atoms with Crippen molar-refractivity contribution in [3.05, 3.63) is 89.5 Å². The third-order valence-electron chi connectivity index (χ3n) is 5.07. The highest BCUT2D eigenvalue weighted by Gasteiger charge is 2.16. The number of allylic oxidation sites excluding steroid dienone is 1. The Morgan fingerprint density at radius 1 is 0.875 bits per heavy atom. The molecule has 0 atom stereocenters. The summed E-state index contributed by atoms with van der Waals surface area (Å²) >= 11 is 0. The Bertz CT molecular complexity index is 1300. The predicted octanol–water partition coefficient (Wildman–Crippen LogP) is 5.71. The van der Waals surface area contributed by atoms with Gasteiger partial charge in [-0.1, -0.05) is 30.3 Å². The SMILES string of the molecule is COc1cc(OC)c(-c2cc3ccccc3o2)cc1/C=C/C(=O)c1ccc(C(=O)O)cc1. The molecule has 0 aliphatic heterocycles. The van der Waals surface area contributed by atoms with Gasteiger partial charge in [0.05, 0.1) is 25.3 Å². The van der Waals surface area contributed by atoms with E-state index in [9.17, 15) is 9.59 Å². The van der Waals surface area contributed by atoms with Crippen LogP contribution in [0.4, 0.5) is 0 Å². The van der Waals surface area contributed by atoms with Crippen LogP contribution in [-0.4, -0.2) is 31.1 Å². The van der Waals surface area contributed by atoms with Gasteiger partial charge in [-0.05, 0) is 42.5 Å². The van der Waals surface area contributed by atoms with Crippen LogP contribution in [0.15, 0.2) is 77.2 Å². The van der Waals surface area contributed by atoms with Gasteiger partial charge in [-0.3, -0.25) is 4.79 Å². The minimum Gasteiger partial charge on any atom is -0.496 e. The van der Waals surface area contributed by atoms with E-state index in [2.05, 4.69) is 0 Å². The van der Waals surface area contributed by atoms with Crippen molar-refractivity contribution in [1.29, 1.82) is 0 Å². The molecule has 0 aliphatic rings. The van der Waals surface area contributed by atoms with Gasteiger partial charge in [-0.2, -0.15) is 0 Å². The summed E-state index contributed by atoms with van der Waals surface area (Å²) in [5.74, 6) is 0.447. The quantitative estimate of drug-likeness (QED) is 0.300. The molecule has 32 heavy (non-hydrogen) atoms. The summed E-state index contributed by atoms with van der Waals surface area (Å²) in [6.45, 7) is 0. The molecule has 0 saturated heterocycles. The minimum atomic E-state index is -1.04. The molecule has 0 amide bonds. The molecule has 1 aromatic heterocycles. The normalized spacial score (nSPS) is 11.1. The Morgan fingerprint density at radius 3 is 2.22 bits per heavy atom. The lowest BCUT2D eigenvalue weighted by Gasteiger charge is -2.12. The van der Waals surface area contributed by atoms with Crippen molar-refractivity contribution in [3.63, 3.8) is 0 Å². The molecule has 6 nitrogen and oxygen atoms in total. The molecule has 0 spiro atoms. The Balaban J connectivity index is 1.70. The van der Waals surface area contributed by atoms with Crippen LogP contribution in [0.25, 0.3) is 28.4 Å². The highest BCUT2D eigenvalue weighted by atomic mass is 16.5. The molecular formula is C26H20O6. The monoisotopic (exact) mass is 428 g/mol. The Labute approximate surface area is 184 Å². The fourth-order valence-electron chi connectivity index (χ4n) is 3.40. The summed E-state index contributed by atoms with van der Waals surface area (Å²) in [6, 6.07) is 19.0. The van der Waals surface area contributed by atoms with Crippen molar-refractivity contribution in [2.24, 2.45) is 0 Å². The van der Waals surface area contributed by atoms with Gasteiger partial charge in [-0.25, -0.2) is 4.79 Å². The molecule has 0 saturated carbocycles. The van der Waals surface area contributed by atoms with Gasteiger partial charge in [0.25, 0.3) is 0 Å². The Morgan fingerprint density at radius 2 is 1.56 bits per heavy atom. The average Bonchev–Trinajstić information content (AvgIpc) is 3.26. The molecule has 0 radical (unpaired) electrons. The fourth-order valence-corrected chi connectivity index (χ4v) is 3.40. The second-order valence-electron chi connectivity index (χ2n) is 7.02. The van der Waals surface area contributed by atoms with Gasteiger partial charge >= 0.3 is 5.97 Å². The number of hydrogen-bond donors (Lipinski definition) is 1. The molecule has 0 fully saturated rings. The van der Waals surface area contributed by atoms with E-state index in [1.54, 1.807) is 26.4 Å². The zero-order valence-electron chi connectivity index (χ0n) is 17.5. The number of carbonyl (C=O) groups is 2. The number of rotatable bonds is 7. The minimum absolute atomic E-state index is 0.123. The highest BCUT2D eigenvalue weighted by molar-refractivity contribution is 6.07. The summed E-state index contributed by atoms with van der Waals surface area (Å²) in [7, 11) is 3.11. The average molecular weight is 428 g/mol. The lowest BCUT2D eigenvalue weighted by molar-refractivity contribution is 0.0696. The first-order valence-corrected chi connectivity index (χ1v) is 9.81. The fraction of sp³-hybridized carbons (Fsp3) is 0.0769. The van der Waals surface area contributed by atoms with Crippen LogP contribution in [0, 0.1) is 0 Å². The Kier molecular flexibility index (Phi) is 5.77. The van der Waals surface area contributed by atoms with Crippen LogP contribution in [0.5, 0.6) is 11.5 Å². The molecule has 0 bridgehead atoms. The van der Waals surface area contributed by atoms with Crippen LogP contribution in [0.2, 0.25) is 0 Å². The van der Waals surface area contributed by atoms with Gasteiger partial charge in [-0.15, -0.1) is 0 Å². The predicted molar refractivity (Wildman–Crippen MR) is 122 cm³/mol. The van der Waals surface area contributed by atoms with Crippen molar-refractivity contribution in [2.45, 2.75) is 0 Å². The van der Waals surface area contributed by atoms with Crippen LogP contribution in [0.3, 0.4) is 0 Å². The highest BCUT2D eigenvalue weighted by Crippen LogP contribution is 2.39. The largest absolute Gasteiger partial charge is 0.496 e. The van der Waals surface area contributed by atoms with Crippen molar-refractivity contribution >= 4 is 28.8 Å². The van der Waals surface area contributed by atoms with Crippen molar-refractivity contribution in [3.8, 4) is 22.8 Å². The van der Waals surface area contributed by atoms with Crippen LogP contribution < -0.4 is 9.47 Å². The molecule has 1 N–H and O–H groups in total. The second kappa shape index (κ2) is 8.81. The van der Waals surface area contributed by atoms with Gasteiger partial charge in [0, 0.05) is 22.6 Å². The maximum absolute atomic E-state index is 12.6.